The second-order valence-electron chi connectivity index (χ2n) is 4.92. The van der Waals surface area contributed by atoms with E-state index in [2.05, 4.69) is 15.2 Å². The molecule has 0 unspecified atom stereocenters. The number of fused-ring (bicyclic) bond motifs is 1. The van der Waals surface area contributed by atoms with Crippen LogP contribution in [0.4, 0.5) is 11.5 Å². The first kappa shape index (κ1) is 16.2. The summed E-state index contributed by atoms with van der Waals surface area (Å²) in [5.41, 5.74) is 0.205. The average molecular weight is 342 g/mol. The van der Waals surface area contributed by atoms with Gasteiger partial charge in [0, 0.05) is 12.3 Å². The number of carboxylic acids is 1. The number of benzene rings is 1. The number of ether oxygens (including phenoxy) is 2. The highest BCUT2D eigenvalue weighted by Gasteiger charge is 2.20. The summed E-state index contributed by atoms with van der Waals surface area (Å²) >= 11 is 0. The molecular formula is C16H14N4O5. The van der Waals surface area contributed by atoms with Gasteiger partial charge in [-0.15, -0.1) is 10.2 Å². The van der Waals surface area contributed by atoms with E-state index in [9.17, 15) is 15.0 Å². The van der Waals surface area contributed by atoms with Crippen LogP contribution < -0.4 is 9.47 Å². The molecule has 0 aliphatic heterocycles. The second kappa shape index (κ2) is 6.48. The Morgan fingerprint density at radius 1 is 1.16 bits per heavy atom. The molecule has 0 aliphatic carbocycles. The molecule has 0 amide bonds. The minimum atomic E-state index is -1.27. The Morgan fingerprint density at radius 3 is 2.60 bits per heavy atom. The molecule has 3 aromatic rings. The lowest BCUT2D eigenvalue weighted by atomic mass is 10.3. The Morgan fingerprint density at radius 2 is 1.92 bits per heavy atom. The van der Waals surface area contributed by atoms with Crippen molar-refractivity contribution in [3.63, 3.8) is 0 Å². The maximum Gasteiger partial charge on any atom is 0.358 e. The smallest absolute Gasteiger partial charge is 0.358 e. The summed E-state index contributed by atoms with van der Waals surface area (Å²) in [5, 5.41) is 27.2. The lowest BCUT2D eigenvalue weighted by Crippen LogP contribution is -1.96. The first-order valence-corrected chi connectivity index (χ1v) is 7.12. The van der Waals surface area contributed by atoms with Gasteiger partial charge in [-0.1, -0.05) is 0 Å². The highest BCUT2D eigenvalue weighted by molar-refractivity contribution is 5.92. The normalized spacial score (nSPS) is 11.1. The van der Waals surface area contributed by atoms with Crippen molar-refractivity contribution < 1.29 is 24.5 Å². The molecule has 0 saturated heterocycles. The van der Waals surface area contributed by atoms with Crippen molar-refractivity contribution >= 4 is 23.1 Å². The van der Waals surface area contributed by atoms with Crippen LogP contribution in [0.5, 0.6) is 17.2 Å². The highest BCUT2D eigenvalue weighted by atomic mass is 16.5. The molecule has 0 fully saturated rings. The van der Waals surface area contributed by atoms with Gasteiger partial charge in [0.05, 0.1) is 19.9 Å². The largest absolute Gasteiger partial charge is 0.504 e. The molecule has 2 N–H and O–H groups in total. The number of hydrogen-bond donors (Lipinski definition) is 2. The molecular weight excluding hydrogens is 328 g/mol. The average Bonchev–Trinajstić information content (AvgIpc) is 3.00. The van der Waals surface area contributed by atoms with Crippen LogP contribution >= 0.6 is 0 Å². The summed E-state index contributed by atoms with van der Waals surface area (Å²) in [6.07, 6.45) is 1.54. The van der Waals surface area contributed by atoms with Gasteiger partial charge in [0.2, 0.25) is 0 Å². The van der Waals surface area contributed by atoms with Crippen LogP contribution in [0.2, 0.25) is 0 Å². The van der Waals surface area contributed by atoms with E-state index in [1.54, 1.807) is 24.3 Å². The maximum atomic E-state index is 11.4. The summed E-state index contributed by atoms with van der Waals surface area (Å²) in [4.78, 5) is 15.3. The highest BCUT2D eigenvalue weighted by Crippen LogP contribution is 2.33. The van der Waals surface area contributed by atoms with Crippen molar-refractivity contribution in [3.8, 4) is 17.2 Å². The molecule has 0 saturated carbocycles. The van der Waals surface area contributed by atoms with Gasteiger partial charge >= 0.3 is 5.97 Å². The Balaban J connectivity index is 2.08. The lowest BCUT2D eigenvalue weighted by Gasteiger charge is -2.06. The Kier molecular flexibility index (Phi) is 4.21. The van der Waals surface area contributed by atoms with Crippen LogP contribution in [-0.4, -0.2) is 39.8 Å². The minimum Gasteiger partial charge on any atom is -0.504 e. The molecule has 0 atom stereocenters. The molecule has 0 bridgehead atoms. The van der Waals surface area contributed by atoms with Crippen LogP contribution in [0.3, 0.4) is 0 Å². The molecule has 0 spiro atoms. The standard InChI is InChI=1S/C16H14N4O5/c1-24-11-6-5-9(8-12(11)25-2)18-19-15-13(16(22)23)17-14-10(21)4-3-7-20(14)15/h3-8,21H,1-2H3,(H,22,23). The molecule has 1 aromatic carbocycles. The molecule has 0 radical (unpaired) electrons. The van der Waals surface area contributed by atoms with Gasteiger partial charge in [-0.3, -0.25) is 4.40 Å². The number of hydrogen-bond acceptors (Lipinski definition) is 7. The van der Waals surface area contributed by atoms with Gasteiger partial charge in [0.25, 0.3) is 0 Å². The molecule has 9 nitrogen and oxygen atoms in total. The van der Waals surface area contributed by atoms with Crippen molar-refractivity contribution in [1.82, 2.24) is 9.38 Å². The number of nitrogens with zero attached hydrogens (tertiary/aromatic N) is 4. The number of aromatic nitrogens is 2. The minimum absolute atomic E-state index is 0.00631. The lowest BCUT2D eigenvalue weighted by molar-refractivity contribution is 0.0692. The molecule has 25 heavy (non-hydrogen) atoms. The van der Waals surface area contributed by atoms with Gasteiger partial charge in [-0.05, 0) is 24.3 Å². The van der Waals surface area contributed by atoms with Crippen LogP contribution in [-0.2, 0) is 0 Å². The molecule has 128 valence electrons. The fraction of sp³-hybridized carbons (Fsp3) is 0.125. The summed E-state index contributed by atoms with van der Waals surface area (Å²) in [6.45, 7) is 0. The summed E-state index contributed by atoms with van der Waals surface area (Å²) in [5.74, 6) is -0.435. The Hall–Kier alpha value is -3.62. The number of aromatic carboxylic acids is 1. The van der Waals surface area contributed by atoms with E-state index >= 15 is 0 Å². The number of carbonyl (C=O) groups is 1. The number of rotatable bonds is 5. The fourth-order valence-corrected chi connectivity index (χ4v) is 2.27. The zero-order chi connectivity index (χ0) is 18.0. The third kappa shape index (κ3) is 2.94. The molecule has 9 heteroatoms. The van der Waals surface area contributed by atoms with Gasteiger partial charge in [-0.25, -0.2) is 9.78 Å². The van der Waals surface area contributed by atoms with Crippen LogP contribution in [0.1, 0.15) is 10.5 Å². The SMILES string of the molecule is COc1ccc(N=Nc2c(C(=O)O)nc3c(O)cccn23)cc1OC. The summed E-state index contributed by atoms with van der Waals surface area (Å²) < 4.78 is 11.7. The molecule has 2 heterocycles. The number of azo groups is 1. The van der Waals surface area contributed by atoms with Crippen molar-refractivity contribution in [2.75, 3.05) is 14.2 Å². The van der Waals surface area contributed by atoms with Crippen LogP contribution in [0.15, 0.2) is 46.8 Å². The fourth-order valence-electron chi connectivity index (χ4n) is 2.27. The summed E-state index contributed by atoms with van der Waals surface area (Å²) in [6, 6.07) is 7.86. The third-order valence-corrected chi connectivity index (χ3v) is 3.43. The number of aromatic hydroxyl groups is 1. The van der Waals surface area contributed by atoms with E-state index in [1.165, 1.54) is 30.9 Å². The Bertz CT molecular complexity index is 980. The van der Waals surface area contributed by atoms with E-state index in [0.717, 1.165) is 0 Å². The third-order valence-electron chi connectivity index (χ3n) is 3.43. The number of methoxy groups -OCH3 is 2. The van der Waals surface area contributed by atoms with Crippen LogP contribution in [0.25, 0.3) is 5.65 Å². The predicted octanol–water partition coefficient (Wildman–Crippen LogP) is 3.17. The second-order valence-corrected chi connectivity index (χ2v) is 4.92. The number of pyridine rings is 1. The van der Waals surface area contributed by atoms with Crippen LogP contribution in [0, 0.1) is 0 Å². The van der Waals surface area contributed by atoms with E-state index in [4.69, 9.17) is 9.47 Å². The maximum absolute atomic E-state index is 11.4. The predicted molar refractivity (Wildman–Crippen MR) is 87.5 cm³/mol. The van der Waals surface area contributed by atoms with E-state index in [1.807, 2.05) is 0 Å². The van der Waals surface area contributed by atoms with Crippen molar-refractivity contribution in [2.45, 2.75) is 0 Å². The molecule has 3 rings (SSSR count). The van der Waals surface area contributed by atoms with Gasteiger partial charge < -0.3 is 19.7 Å². The van der Waals surface area contributed by atoms with Crippen molar-refractivity contribution in [1.29, 1.82) is 0 Å². The zero-order valence-corrected chi connectivity index (χ0v) is 13.4. The topological polar surface area (TPSA) is 118 Å². The van der Waals surface area contributed by atoms with E-state index in [-0.39, 0.29) is 22.9 Å². The first-order valence-electron chi connectivity index (χ1n) is 7.12. The Labute approximate surface area is 141 Å². The monoisotopic (exact) mass is 342 g/mol. The zero-order valence-electron chi connectivity index (χ0n) is 13.4. The number of carboxylic acid groups (broad SMARTS) is 1. The van der Waals surface area contributed by atoms with Gasteiger partial charge in [0.15, 0.2) is 34.4 Å². The van der Waals surface area contributed by atoms with Crippen molar-refractivity contribution in [2.24, 2.45) is 10.2 Å². The quantitative estimate of drug-likeness (QED) is 0.688. The molecule has 2 aromatic heterocycles. The van der Waals surface area contributed by atoms with Gasteiger partial charge in [0.1, 0.15) is 0 Å². The van der Waals surface area contributed by atoms with Crippen molar-refractivity contribution in [3.05, 3.63) is 42.2 Å². The summed E-state index contributed by atoms with van der Waals surface area (Å²) in [7, 11) is 3.01. The number of imidazole rings is 1. The van der Waals surface area contributed by atoms with Gasteiger partial charge in [-0.2, -0.15) is 0 Å². The molecule has 0 aliphatic rings. The first-order chi connectivity index (χ1) is 12.0. The van der Waals surface area contributed by atoms with E-state index in [0.29, 0.717) is 17.2 Å². The van der Waals surface area contributed by atoms with E-state index < -0.39 is 5.97 Å².